The number of hydrogen-bond acceptors (Lipinski definition) is 4. The monoisotopic (exact) mass is 142 g/mol. The van der Waals surface area contributed by atoms with E-state index in [9.17, 15) is 4.79 Å². The van der Waals surface area contributed by atoms with Crippen LogP contribution in [0.15, 0.2) is 10.8 Å². The van der Waals surface area contributed by atoms with Crippen molar-refractivity contribution < 1.29 is 14.3 Å². The van der Waals surface area contributed by atoms with E-state index in [0.29, 0.717) is 0 Å². The molecule has 0 aromatic carbocycles. The maximum absolute atomic E-state index is 10.3. The van der Waals surface area contributed by atoms with Crippen LogP contribution in [-0.4, -0.2) is 16.1 Å². The molecule has 0 aliphatic carbocycles. The van der Waals surface area contributed by atoms with Gasteiger partial charge in [0.1, 0.15) is 5.69 Å². The summed E-state index contributed by atoms with van der Waals surface area (Å²) in [4.78, 5) is 13.8. The summed E-state index contributed by atoms with van der Waals surface area (Å²) in [5.74, 6) is -1.32. The first-order valence-electron chi connectivity index (χ1n) is 2.61. The van der Waals surface area contributed by atoms with Crippen molar-refractivity contribution in [2.75, 3.05) is 0 Å². The molecule has 0 atom stereocenters. The van der Waals surface area contributed by atoms with Crippen LogP contribution in [0.3, 0.4) is 0 Å². The molecule has 0 amide bonds. The Kier molecular flexibility index (Phi) is 1.68. The lowest BCUT2D eigenvalue weighted by Crippen LogP contribution is -2.04. The largest absolute Gasteiger partial charge is 0.475 e. The molecule has 3 N–H and O–H groups in total. The van der Waals surface area contributed by atoms with Gasteiger partial charge in [-0.25, -0.2) is 9.78 Å². The standard InChI is InChI=1S/C5H6N2O3/c6-1-3-4(5(8)9)10-2-7-3/h2H,1,6H2,(H,8,9). The highest BCUT2D eigenvalue weighted by molar-refractivity contribution is 5.85. The molecule has 0 unspecified atom stereocenters. The first-order chi connectivity index (χ1) is 4.75. The van der Waals surface area contributed by atoms with Crippen molar-refractivity contribution in [1.82, 2.24) is 4.98 Å². The molecule has 0 saturated heterocycles. The van der Waals surface area contributed by atoms with Crippen molar-refractivity contribution in [3.05, 3.63) is 17.8 Å². The third kappa shape index (κ3) is 0.985. The van der Waals surface area contributed by atoms with E-state index in [1.54, 1.807) is 0 Å². The van der Waals surface area contributed by atoms with Crippen molar-refractivity contribution in [3.63, 3.8) is 0 Å². The van der Waals surface area contributed by atoms with Gasteiger partial charge in [0.25, 0.3) is 0 Å². The zero-order valence-electron chi connectivity index (χ0n) is 5.07. The molecular weight excluding hydrogens is 136 g/mol. The Morgan fingerprint density at radius 3 is 3.00 bits per heavy atom. The van der Waals surface area contributed by atoms with E-state index in [1.165, 1.54) is 0 Å². The average Bonchev–Trinajstić information content (AvgIpc) is 2.33. The molecule has 0 fully saturated rings. The van der Waals surface area contributed by atoms with Gasteiger partial charge in [0, 0.05) is 6.54 Å². The van der Waals surface area contributed by atoms with Crippen LogP contribution < -0.4 is 5.73 Å². The number of aromatic carboxylic acids is 1. The smallest absolute Gasteiger partial charge is 0.373 e. The van der Waals surface area contributed by atoms with Crippen molar-refractivity contribution in [1.29, 1.82) is 0 Å². The molecule has 0 radical (unpaired) electrons. The van der Waals surface area contributed by atoms with Crippen LogP contribution in [0.2, 0.25) is 0 Å². The van der Waals surface area contributed by atoms with Crippen LogP contribution >= 0.6 is 0 Å². The quantitative estimate of drug-likeness (QED) is 0.598. The van der Waals surface area contributed by atoms with E-state index >= 15 is 0 Å². The Bertz CT molecular complexity index is 243. The molecule has 0 saturated carbocycles. The number of oxazole rings is 1. The topological polar surface area (TPSA) is 89.4 Å². The Morgan fingerprint density at radius 2 is 2.60 bits per heavy atom. The van der Waals surface area contributed by atoms with E-state index in [0.717, 1.165) is 6.39 Å². The zero-order chi connectivity index (χ0) is 7.56. The van der Waals surface area contributed by atoms with Crippen LogP contribution in [0, 0.1) is 0 Å². The summed E-state index contributed by atoms with van der Waals surface area (Å²) in [5.41, 5.74) is 5.42. The van der Waals surface area contributed by atoms with Crippen molar-refractivity contribution >= 4 is 5.97 Å². The highest BCUT2D eigenvalue weighted by Gasteiger charge is 2.13. The van der Waals surface area contributed by atoms with Crippen molar-refractivity contribution in [3.8, 4) is 0 Å². The fourth-order valence-corrected chi connectivity index (χ4v) is 0.589. The third-order valence-electron chi connectivity index (χ3n) is 1.03. The minimum Gasteiger partial charge on any atom is -0.475 e. The van der Waals surface area contributed by atoms with E-state index in [2.05, 4.69) is 9.40 Å². The molecular formula is C5H6N2O3. The Balaban J connectivity index is 3.01. The summed E-state index contributed by atoms with van der Waals surface area (Å²) in [6, 6.07) is 0. The van der Waals surface area contributed by atoms with Crippen LogP contribution in [0.1, 0.15) is 16.2 Å². The summed E-state index contributed by atoms with van der Waals surface area (Å²) >= 11 is 0. The van der Waals surface area contributed by atoms with Gasteiger partial charge >= 0.3 is 5.97 Å². The van der Waals surface area contributed by atoms with Crippen LogP contribution in [0.5, 0.6) is 0 Å². The van der Waals surface area contributed by atoms with Crippen LogP contribution in [0.25, 0.3) is 0 Å². The lowest BCUT2D eigenvalue weighted by Gasteiger charge is -1.88. The van der Waals surface area contributed by atoms with Gasteiger partial charge in [-0.3, -0.25) is 0 Å². The number of carboxylic acid groups (broad SMARTS) is 1. The number of hydrogen-bond donors (Lipinski definition) is 2. The predicted octanol–water partition coefficient (Wildman–Crippen LogP) is -0.169. The van der Waals surface area contributed by atoms with Gasteiger partial charge < -0.3 is 15.3 Å². The molecule has 10 heavy (non-hydrogen) atoms. The molecule has 1 aromatic rings. The Hall–Kier alpha value is -1.36. The van der Waals surface area contributed by atoms with Gasteiger partial charge in [-0.1, -0.05) is 0 Å². The molecule has 0 aliphatic rings. The fraction of sp³-hybridized carbons (Fsp3) is 0.200. The SMILES string of the molecule is NCc1ncoc1C(=O)O. The first kappa shape index (κ1) is 6.76. The van der Waals surface area contributed by atoms with Crippen molar-refractivity contribution in [2.24, 2.45) is 5.73 Å². The third-order valence-corrected chi connectivity index (χ3v) is 1.03. The lowest BCUT2D eigenvalue weighted by molar-refractivity contribution is 0.0661. The average molecular weight is 142 g/mol. The molecule has 1 heterocycles. The van der Waals surface area contributed by atoms with E-state index < -0.39 is 5.97 Å². The van der Waals surface area contributed by atoms with Gasteiger partial charge in [0.15, 0.2) is 6.39 Å². The van der Waals surface area contributed by atoms with E-state index in [4.69, 9.17) is 10.8 Å². The summed E-state index contributed by atoms with van der Waals surface area (Å²) in [7, 11) is 0. The second kappa shape index (κ2) is 2.49. The van der Waals surface area contributed by atoms with Gasteiger partial charge in [0.05, 0.1) is 0 Å². The highest BCUT2D eigenvalue weighted by Crippen LogP contribution is 2.04. The maximum atomic E-state index is 10.3. The number of carboxylic acids is 1. The second-order valence-electron chi connectivity index (χ2n) is 1.64. The summed E-state index contributed by atoms with van der Waals surface area (Å²) in [6.45, 7) is 0.0815. The molecule has 1 rings (SSSR count). The number of nitrogens with two attached hydrogens (primary N) is 1. The van der Waals surface area contributed by atoms with Crippen LogP contribution in [0.4, 0.5) is 0 Å². The Labute approximate surface area is 56.5 Å². The Morgan fingerprint density at radius 1 is 1.90 bits per heavy atom. The second-order valence-corrected chi connectivity index (χ2v) is 1.64. The summed E-state index contributed by atoms with van der Waals surface area (Å²) in [6.07, 6.45) is 1.06. The molecule has 5 nitrogen and oxygen atoms in total. The number of nitrogens with zero attached hydrogens (tertiary/aromatic N) is 1. The number of carbonyl (C=O) groups is 1. The molecule has 5 heteroatoms. The van der Waals surface area contributed by atoms with Gasteiger partial charge in [-0.05, 0) is 0 Å². The summed E-state index contributed by atoms with van der Waals surface area (Å²) in [5, 5.41) is 8.40. The molecule has 0 spiro atoms. The number of aromatic nitrogens is 1. The molecule has 54 valence electrons. The van der Waals surface area contributed by atoms with E-state index in [-0.39, 0.29) is 18.0 Å². The van der Waals surface area contributed by atoms with Gasteiger partial charge in [-0.15, -0.1) is 0 Å². The molecule has 0 aliphatic heterocycles. The fourth-order valence-electron chi connectivity index (χ4n) is 0.589. The van der Waals surface area contributed by atoms with E-state index in [1.807, 2.05) is 0 Å². The van der Waals surface area contributed by atoms with Crippen molar-refractivity contribution in [2.45, 2.75) is 6.54 Å². The normalized spacial score (nSPS) is 9.70. The minimum absolute atomic E-state index is 0.0815. The van der Waals surface area contributed by atoms with Gasteiger partial charge in [0.2, 0.25) is 5.76 Å². The lowest BCUT2D eigenvalue weighted by atomic mass is 10.3. The number of rotatable bonds is 2. The van der Waals surface area contributed by atoms with Gasteiger partial charge in [-0.2, -0.15) is 0 Å². The minimum atomic E-state index is -1.14. The molecule has 0 bridgehead atoms. The summed E-state index contributed by atoms with van der Waals surface area (Å²) < 4.78 is 4.53. The molecule has 1 aromatic heterocycles. The van der Waals surface area contributed by atoms with Crippen LogP contribution in [-0.2, 0) is 6.54 Å². The highest BCUT2D eigenvalue weighted by atomic mass is 16.4. The predicted molar refractivity (Wildman–Crippen MR) is 31.4 cm³/mol. The maximum Gasteiger partial charge on any atom is 0.373 e. The zero-order valence-corrected chi connectivity index (χ0v) is 5.07. The first-order valence-corrected chi connectivity index (χ1v) is 2.61.